The Bertz CT molecular complexity index is 196. The number of rotatable bonds is 13. The van der Waals surface area contributed by atoms with Crippen LogP contribution in [0.15, 0.2) is 0 Å². The van der Waals surface area contributed by atoms with E-state index in [-0.39, 0.29) is 6.10 Å². The zero-order valence-electron chi connectivity index (χ0n) is 14.4. The van der Waals surface area contributed by atoms with E-state index >= 15 is 0 Å². The van der Waals surface area contributed by atoms with Gasteiger partial charge >= 0.3 is 0 Å². The average Bonchev–Trinajstić information content (AvgIpc) is 2.35. The first kappa shape index (κ1) is 19.8. The molecule has 4 nitrogen and oxygen atoms in total. The predicted molar refractivity (Wildman–Crippen MR) is 88.3 cm³/mol. The SMILES string of the molecule is CCCCC(O)CN(CCCN(C)C)CCCN(C)C. The number of hydrogen-bond donors (Lipinski definition) is 1. The van der Waals surface area contributed by atoms with Crippen molar-refractivity contribution >= 4 is 0 Å². The highest BCUT2D eigenvalue weighted by atomic mass is 16.3. The van der Waals surface area contributed by atoms with Crippen molar-refractivity contribution in [3.8, 4) is 0 Å². The summed E-state index contributed by atoms with van der Waals surface area (Å²) in [6.45, 7) is 7.44. The van der Waals surface area contributed by atoms with Crippen LogP contribution >= 0.6 is 0 Å². The Hall–Kier alpha value is -0.160. The molecule has 122 valence electrons. The summed E-state index contributed by atoms with van der Waals surface area (Å²) in [6, 6.07) is 0. The number of aliphatic hydroxyl groups is 1. The second kappa shape index (κ2) is 12.6. The second-order valence-corrected chi connectivity index (χ2v) is 6.41. The normalized spacial score (nSPS) is 13.7. The molecule has 0 amide bonds. The number of unbranched alkanes of at least 4 members (excludes halogenated alkanes) is 1. The summed E-state index contributed by atoms with van der Waals surface area (Å²) >= 11 is 0. The zero-order valence-corrected chi connectivity index (χ0v) is 14.4. The lowest BCUT2D eigenvalue weighted by Gasteiger charge is -2.26. The summed E-state index contributed by atoms with van der Waals surface area (Å²) in [7, 11) is 8.47. The highest BCUT2D eigenvalue weighted by molar-refractivity contribution is 4.66. The van der Waals surface area contributed by atoms with Gasteiger partial charge in [0.2, 0.25) is 0 Å². The Morgan fingerprint density at radius 2 is 1.30 bits per heavy atom. The summed E-state index contributed by atoms with van der Waals surface area (Å²) in [5.41, 5.74) is 0. The molecule has 1 atom stereocenters. The van der Waals surface area contributed by atoms with Crippen LogP contribution in [-0.4, -0.2) is 86.8 Å². The summed E-state index contributed by atoms with van der Waals surface area (Å²) in [5.74, 6) is 0. The quantitative estimate of drug-likeness (QED) is 0.559. The van der Waals surface area contributed by atoms with Gasteiger partial charge in [-0.25, -0.2) is 0 Å². The molecule has 0 rings (SSSR count). The van der Waals surface area contributed by atoms with Crippen molar-refractivity contribution in [3.05, 3.63) is 0 Å². The molecule has 1 unspecified atom stereocenters. The molecule has 4 heteroatoms. The van der Waals surface area contributed by atoms with E-state index in [0.717, 1.165) is 52.0 Å². The fraction of sp³-hybridized carbons (Fsp3) is 1.00. The van der Waals surface area contributed by atoms with Crippen LogP contribution in [0.3, 0.4) is 0 Å². The van der Waals surface area contributed by atoms with E-state index in [4.69, 9.17) is 0 Å². The van der Waals surface area contributed by atoms with Crippen LogP contribution in [0.5, 0.6) is 0 Å². The highest BCUT2D eigenvalue weighted by Gasteiger charge is 2.11. The molecule has 0 aliphatic rings. The Morgan fingerprint density at radius 3 is 1.70 bits per heavy atom. The first-order valence-corrected chi connectivity index (χ1v) is 8.15. The molecular formula is C16H37N3O. The van der Waals surface area contributed by atoms with Crippen LogP contribution in [-0.2, 0) is 0 Å². The van der Waals surface area contributed by atoms with Crippen molar-refractivity contribution in [3.63, 3.8) is 0 Å². The molecule has 20 heavy (non-hydrogen) atoms. The minimum Gasteiger partial charge on any atom is -0.392 e. The van der Waals surface area contributed by atoms with E-state index in [9.17, 15) is 5.11 Å². The third-order valence-corrected chi connectivity index (χ3v) is 3.52. The molecule has 0 aliphatic carbocycles. The van der Waals surface area contributed by atoms with Crippen LogP contribution in [0, 0.1) is 0 Å². The fourth-order valence-electron chi connectivity index (χ4n) is 2.34. The standard InChI is InChI=1S/C16H37N3O/c1-6-7-10-16(20)15-19(13-8-11-17(2)3)14-9-12-18(4)5/h16,20H,6-15H2,1-5H3. The first-order valence-electron chi connectivity index (χ1n) is 8.15. The minimum atomic E-state index is -0.159. The summed E-state index contributed by atoms with van der Waals surface area (Å²) in [6.07, 6.45) is 5.43. The topological polar surface area (TPSA) is 30.0 Å². The molecule has 1 N–H and O–H groups in total. The van der Waals surface area contributed by atoms with Crippen molar-refractivity contribution in [1.82, 2.24) is 14.7 Å². The van der Waals surface area contributed by atoms with Gasteiger partial charge in [0, 0.05) is 6.54 Å². The van der Waals surface area contributed by atoms with Gasteiger partial charge < -0.3 is 19.8 Å². The van der Waals surface area contributed by atoms with Gasteiger partial charge in [-0.3, -0.25) is 0 Å². The van der Waals surface area contributed by atoms with Crippen LogP contribution in [0.1, 0.15) is 39.0 Å². The van der Waals surface area contributed by atoms with E-state index in [1.165, 1.54) is 12.8 Å². The van der Waals surface area contributed by atoms with Crippen molar-refractivity contribution in [2.75, 3.05) is 60.9 Å². The number of nitrogens with zero attached hydrogens (tertiary/aromatic N) is 3. The largest absolute Gasteiger partial charge is 0.392 e. The Balaban J connectivity index is 4.02. The van der Waals surface area contributed by atoms with Crippen molar-refractivity contribution in [1.29, 1.82) is 0 Å². The Kier molecular flexibility index (Phi) is 12.5. The maximum atomic E-state index is 10.1. The molecule has 0 fully saturated rings. The van der Waals surface area contributed by atoms with Crippen LogP contribution in [0.4, 0.5) is 0 Å². The van der Waals surface area contributed by atoms with E-state index in [1.807, 2.05) is 0 Å². The minimum absolute atomic E-state index is 0.159. The van der Waals surface area contributed by atoms with Gasteiger partial charge in [0.15, 0.2) is 0 Å². The van der Waals surface area contributed by atoms with Gasteiger partial charge in [0.1, 0.15) is 0 Å². The summed E-state index contributed by atoms with van der Waals surface area (Å²) in [4.78, 5) is 6.89. The van der Waals surface area contributed by atoms with Gasteiger partial charge in [-0.15, -0.1) is 0 Å². The van der Waals surface area contributed by atoms with Crippen molar-refractivity contribution in [2.24, 2.45) is 0 Å². The maximum Gasteiger partial charge on any atom is 0.0667 e. The van der Waals surface area contributed by atoms with Crippen molar-refractivity contribution < 1.29 is 5.11 Å². The van der Waals surface area contributed by atoms with E-state index < -0.39 is 0 Å². The molecule has 0 bridgehead atoms. The molecule has 0 saturated heterocycles. The number of hydrogen-bond acceptors (Lipinski definition) is 4. The van der Waals surface area contributed by atoms with Crippen LogP contribution in [0.2, 0.25) is 0 Å². The van der Waals surface area contributed by atoms with Crippen LogP contribution < -0.4 is 0 Å². The molecule has 0 saturated carbocycles. The smallest absolute Gasteiger partial charge is 0.0667 e. The Morgan fingerprint density at radius 1 is 0.800 bits per heavy atom. The molecule has 0 aromatic rings. The number of aliphatic hydroxyl groups excluding tert-OH is 1. The van der Waals surface area contributed by atoms with Crippen LogP contribution in [0.25, 0.3) is 0 Å². The van der Waals surface area contributed by atoms with Gasteiger partial charge in [0.25, 0.3) is 0 Å². The first-order chi connectivity index (χ1) is 9.45. The van der Waals surface area contributed by atoms with Gasteiger partial charge in [0.05, 0.1) is 6.10 Å². The lowest BCUT2D eigenvalue weighted by atomic mass is 10.1. The van der Waals surface area contributed by atoms with Crippen molar-refractivity contribution in [2.45, 2.75) is 45.1 Å². The molecule has 0 aliphatic heterocycles. The second-order valence-electron chi connectivity index (χ2n) is 6.41. The predicted octanol–water partition coefficient (Wildman–Crippen LogP) is 1.74. The zero-order chi connectivity index (χ0) is 15.4. The van der Waals surface area contributed by atoms with E-state index in [1.54, 1.807) is 0 Å². The molecule has 0 heterocycles. The maximum absolute atomic E-state index is 10.1. The van der Waals surface area contributed by atoms with Gasteiger partial charge in [-0.1, -0.05) is 19.8 Å². The third kappa shape index (κ3) is 12.9. The molecule has 0 aromatic carbocycles. The summed E-state index contributed by atoms with van der Waals surface area (Å²) in [5, 5.41) is 10.1. The lowest BCUT2D eigenvalue weighted by molar-refractivity contribution is 0.0993. The molecule has 0 spiro atoms. The van der Waals surface area contributed by atoms with E-state index in [2.05, 4.69) is 49.8 Å². The monoisotopic (exact) mass is 287 g/mol. The summed E-state index contributed by atoms with van der Waals surface area (Å²) < 4.78 is 0. The Labute approximate surface area is 126 Å². The van der Waals surface area contributed by atoms with E-state index in [0.29, 0.717) is 0 Å². The molecule has 0 aromatic heterocycles. The third-order valence-electron chi connectivity index (χ3n) is 3.52. The molecule has 0 radical (unpaired) electrons. The van der Waals surface area contributed by atoms with Gasteiger partial charge in [-0.2, -0.15) is 0 Å². The van der Waals surface area contributed by atoms with Gasteiger partial charge in [-0.05, 0) is 73.6 Å². The average molecular weight is 287 g/mol. The fourth-order valence-corrected chi connectivity index (χ4v) is 2.34. The lowest BCUT2D eigenvalue weighted by Crippen LogP contribution is -2.36. The highest BCUT2D eigenvalue weighted by Crippen LogP contribution is 2.05. The molecular weight excluding hydrogens is 250 g/mol.